The van der Waals surface area contributed by atoms with E-state index in [0.717, 1.165) is 36.7 Å². The number of aromatic nitrogens is 2. The van der Waals surface area contributed by atoms with Crippen LogP contribution in [0.1, 0.15) is 19.8 Å². The predicted octanol–water partition coefficient (Wildman–Crippen LogP) is 2.79. The van der Waals surface area contributed by atoms with Crippen LogP contribution in [0.3, 0.4) is 0 Å². The summed E-state index contributed by atoms with van der Waals surface area (Å²) in [6, 6.07) is 11.6. The largest absolute Gasteiger partial charge is 0.363 e. The Bertz CT molecular complexity index is 734. The monoisotopic (exact) mass is 339 g/mol. The second kappa shape index (κ2) is 7.09. The van der Waals surface area contributed by atoms with E-state index in [9.17, 15) is 4.79 Å². The summed E-state index contributed by atoms with van der Waals surface area (Å²) in [5, 5.41) is 3.05. The second-order valence-corrected chi connectivity index (χ2v) is 7.03. The number of carbonyl (C=O) groups excluding carboxylic acids is 1. The van der Waals surface area contributed by atoms with Gasteiger partial charge in [-0.3, -0.25) is 4.79 Å². The first-order valence-corrected chi connectivity index (χ1v) is 8.59. The average molecular weight is 339 g/mol. The molecule has 1 aliphatic heterocycles. The van der Waals surface area contributed by atoms with Crippen LogP contribution in [0.4, 0.5) is 17.3 Å². The Kier molecular flexibility index (Phi) is 4.88. The zero-order chi connectivity index (χ0) is 17.9. The Hall–Kier alpha value is -2.63. The lowest BCUT2D eigenvalue weighted by Gasteiger charge is -2.40. The first kappa shape index (κ1) is 17.2. The van der Waals surface area contributed by atoms with E-state index in [4.69, 9.17) is 0 Å². The molecule has 132 valence electrons. The van der Waals surface area contributed by atoms with Gasteiger partial charge < -0.3 is 15.1 Å². The summed E-state index contributed by atoms with van der Waals surface area (Å²) in [5.41, 5.74) is 0.389. The number of carbonyl (C=O) groups is 1. The molecule has 1 N–H and O–H groups in total. The highest BCUT2D eigenvalue weighted by molar-refractivity contribution is 5.95. The minimum atomic E-state index is -0.447. The van der Waals surface area contributed by atoms with Crippen molar-refractivity contribution in [1.82, 2.24) is 9.97 Å². The molecule has 0 saturated carbocycles. The molecule has 2 aromatic rings. The maximum atomic E-state index is 12.9. The van der Waals surface area contributed by atoms with Crippen molar-refractivity contribution >= 4 is 23.2 Å². The third-order valence-electron chi connectivity index (χ3n) is 4.70. The number of nitrogens with zero attached hydrogens (tertiary/aromatic N) is 4. The quantitative estimate of drug-likeness (QED) is 0.928. The van der Waals surface area contributed by atoms with Crippen molar-refractivity contribution in [2.24, 2.45) is 5.41 Å². The number of hydrogen-bond donors (Lipinski definition) is 1. The van der Waals surface area contributed by atoms with Crippen LogP contribution in [0.2, 0.25) is 0 Å². The van der Waals surface area contributed by atoms with Gasteiger partial charge in [-0.1, -0.05) is 18.2 Å². The summed E-state index contributed by atoms with van der Waals surface area (Å²) < 4.78 is 0. The van der Waals surface area contributed by atoms with Gasteiger partial charge in [0.05, 0.1) is 5.41 Å². The number of nitrogens with one attached hydrogen (secondary N) is 1. The highest BCUT2D eigenvalue weighted by Crippen LogP contribution is 2.33. The topological polar surface area (TPSA) is 61.4 Å². The number of anilines is 3. The van der Waals surface area contributed by atoms with Gasteiger partial charge in [-0.25, -0.2) is 9.97 Å². The fourth-order valence-corrected chi connectivity index (χ4v) is 3.18. The second-order valence-electron chi connectivity index (χ2n) is 7.03. The van der Waals surface area contributed by atoms with Crippen LogP contribution in [-0.2, 0) is 4.79 Å². The first-order valence-electron chi connectivity index (χ1n) is 8.59. The number of benzene rings is 1. The summed E-state index contributed by atoms with van der Waals surface area (Å²) in [6.45, 7) is 3.58. The van der Waals surface area contributed by atoms with E-state index in [1.807, 2.05) is 62.3 Å². The molecule has 6 heteroatoms. The molecule has 25 heavy (non-hydrogen) atoms. The van der Waals surface area contributed by atoms with Crippen molar-refractivity contribution in [3.05, 3.63) is 42.7 Å². The van der Waals surface area contributed by atoms with Crippen LogP contribution < -0.4 is 15.1 Å². The molecule has 0 unspecified atom stereocenters. The van der Waals surface area contributed by atoms with Crippen molar-refractivity contribution in [3.8, 4) is 0 Å². The van der Waals surface area contributed by atoms with E-state index in [2.05, 4.69) is 20.2 Å². The van der Waals surface area contributed by atoms with Crippen LogP contribution in [0, 0.1) is 5.41 Å². The Morgan fingerprint density at radius 1 is 1.24 bits per heavy atom. The summed E-state index contributed by atoms with van der Waals surface area (Å²) >= 11 is 0. The molecule has 1 aliphatic rings. The Balaban J connectivity index is 1.75. The average Bonchev–Trinajstić information content (AvgIpc) is 2.62. The molecular weight excluding hydrogens is 314 g/mol. The van der Waals surface area contributed by atoms with Crippen LogP contribution >= 0.6 is 0 Å². The third-order valence-corrected chi connectivity index (χ3v) is 4.70. The van der Waals surface area contributed by atoms with Crippen LogP contribution in [0.15, 0.2) is 42.7 Å². The molecule has 0 bridgehead atoms. The van der Waals surface area contributed by atoms with Crippen molar-refractivity contribution in [2.45, 2.75) is 19.8 Å². The Morgan fingerprint density at radius 3 is 2.72 bits per heavy atom. The predicted molar refractivity (Wildman–Crippen MR) is 101 cm³/mol. The summed E-state index contributed by atoms with van der Waals surface area (Å²) in [5.74, 6) is 1.80. The summed E-state index contributed by atoms with van der Waals surface area (Å²) in [6.07, 6.45) is 3.41. The van der Waals surface area contributed by atoms with Gasteiger partial charge in [0.25, 0.3) is 0 Å². The van der Waals surface area contributed by atoms with E-state index in [0.29, 0.717) is 6.54 Å². The van der Waals surface area contributed by atoms with E-state index >= 15 is 0 Å². The van der Waals surface area contributed by atoms with E-state index in [1.54, 1.807) is 6.33 Å². The number of rotatable bonds is 4. The van der Waals surface area contributed by atoms with Gasteiger partial charge >= 0.3 is 0 Å². The van der Waals surface area contributed by atoms with Gasteiger partial charge in [0.2, 0.25) is 5.91 Å². The number of piperidine rings is 1. The van der Waals surface area contributed by atoms with Gasteiger partial charge in [-0.15, -0.1) is 0 Å². The first-order chi connectivity index (χ1) is 12.0. The van der Waals surface area contributed by atoms with Crippen molar-refractivity contribution < 1.29 is 4.79 Å². The van der Waals surface area contributed by atoms with Gasteiger partial charge in [0.1, 0.15) is 18.0 Å². The van der Waals surface area contributed by atoms with Gasteiger partial charge in [-0.05, 0) is 31.9 Å². The molecule has 0 spiro atoms. The molecule has 0 aliphatic carbocycles. The summed E-state index contributed by atoms with van der Waals surface area (Å²) in [7, 11) is 3.92. The number of hydrogen-bond acceptors (Lipinski definition) is 5. The minimum absolute atomic E-state index is 0.0605. The molecule has 1 amide bonds. The van der Waals surface area contributed by atoms with Gasteiger partial charge in [0, 0.05) is 38.9 Å². The van der Waals surface area contributed by atoms with Crippen LogP contribution in [0.5, 0.6) is 0 Å². The normalized spacial score (nSPS) is 20.2. The number of para-hydroxylation sites is 1. The van der Waals surface area contributed by atoms with Gasteiger partial charge in [0.15, 0.2) is 0 Å². The highest BCUT2D eigenvalue weighted by Gasteiger charge is 2.38. The number of amides is 1. The zero-order valence-electron chi connectivity index (χ0n) is 15.1. The van der Waals surface area contributed by atoms with Crippen molar-refractivity contribution in [3.63, 3.8) is 0 Å². The minimum Gasteiger partial charge on any atom is -0.363 e. The molecule has 1 aromatic heterocycles. The maximum absolute atomic E-state index is 12.9. The molecule has 3 rings (SSSR count). The van der Waals surface area contributed by atoms with Crippen molar-refractivity contribution in [1.29, 1.82) is 0 Å². The third kappa shape index (κ3) is 3.90. The molecule has 6 nitrogen and oxygen atoms in total. The maximum Gasteiger partial charge on any atom is 0.232 e. The Labute approximate surface area is 148 Å². The van der Waals surface area contributed by atoms with E-state index < -0.39 is 5.41 Å². The smallest absolute Gasteiger partial charge is 0.232 e. The fourth-order valence-electron chi connectivity index (χ4n) is 3.18. The van der Waals surface area contributed by atoms with E-state index in [-0.39, 0.29) is 5.91 Å². The molecule has 0 radical (unpaired) electrons. The van der Waals surface area contributed by atoms with Crippen LogP contribution in [-0.4, -0.2) is 43.1 Å². The lowest BCUT2D eigenvalue weighted by Crippen LogP contribution is -2.48. The lowest BCUT2D eigenvalue weighted by molar-refractivity contribution is -0.125. The standard InChI is InChI=1S/C19H25N5O/c1-19(18(25)22-15-8-5-4-6-9-15)10-7-11-24(13-19)17-12-16(23(2)3)20-14-21-17/h4-6,8-9,12,14H,7,10-11,13H2,1-3H3,(H,22,25)/t19-/m0/s1. The molecule has 1 aromatic carbocycles. The molecular formula is C19H25N5O. The SMILES string of the molecule is CN(C)c1cc(N2CCC[C@](C)(C(=O)Nc3ccccc3)C2)ncn1. The zero-order valence-corrected chi connectivity index (χ0v) is 15.1. The molecule has 1 fully saturated rings. The molecule has 1 saturated heterocycles. The van der Waals surface area contributed by atoms with Crippen LogP contribution in [0.25, 0.3) is 0 Å². The Morgan fingerprint density at radius 2 is 2.00 bits per heavy atom. The van der Waals surface area contributed by atoms with E-state index in [1.165, 1.54) is 0 Å². The molecule has 1 atom stereocenters. The molecule has 2 heterocycles. The lowest BCUT2D eigenvalue weighted by atomic mass is 9.81. The summed E-state index contributed by atoms with van der Waals surface area (Å²) in [4.78, 5) is 25.7. The highest BCUT2D eigenvalue weighted by atomic mass is 16.2. The van der Waals surface area contributed by atoms with Gasteiger partial charge in [-0.2, -0.15) is 0 Å². The fraction of sp³-hybridized carbons (Fsp3) is 0.421. The van der Waals surface area contributed by atoms with Crippen molar-refractivity contribution in [2.75, 3.05) is 42.3 Å².